The first-order chi connectivity index (χ1) is 27.6. The number of thioether (sulfide) groups is 2. The molecular weight excluding hydrogens is 852 g/mol. The topological polar surface area (TPSA) is 252 Å². The average Bonchev–Trinajstić information content (AvgIpc) is 3.15. The number of thiol groups is 1. The van der Waals surface area contributed by atoms with Crippen LogP contribution in [-0.2, 0) is 33.6 Å². The third-order valence-electron chi connectivity index (χ3n) is 7.11. The second-order valence-corrected chi connectivity index (χ2v) is 16.0. The van der Waals surface area contributed by atoms with Crippen molar-refractivity contribution < 1.29 is 78.8 Å². The Labute approximate surface area is 400 Å². The number of aliphatic carboxylic acids is 2. The van der Waals surface area contributed by atoms with Crippen molar-refractivity contribution in [2.24, 2.45) is 10.9 Å². The van der Waals surface area contributed by atoms with Crippen molar-refractivity contribution in [2.45, 2.75) is 121 Å². The standard InChI is InChI=1S/C20H32N2O3S.C18H28O3S.C3H3O2S.C2H6N2O.Na.H2O/c1-15(2)8-6-9-16(3)10-7-11-17(4)12-13-26-14-19(20(24)25)22-21-18(5)23;1-14(2)7-5-8-15(3)9-6-10-16(4)11-12-22-13-17(19)18(20)21;4-1-3(5)2-6;1-2(5)4-3;;/h8,10,12H,6-7,9,11,13-14H2,1-5H3,(H,21,23)(H,24,25);7,9,11H,5-6,8,10,12-13H2,1-4H3,(H,20,21);6H,2H2;3H2,1H3,(H,4,5);;1H2/q;;-1;;+1;/p-1/b16-10+,17-12+,22-19-;15-9+,16-11+;;;;. The number of carbonyl (C=O) groups excluding carboxylic acids is 5. The van der Waals surface area contributed by atoms with Crippen molar-refractivity contribution in [3.63, 3.8) is 0 Å². The van der Waals surface area contributed by atoms with Crippen LogP contribution in [-0.4, -0.2) is 91.8 Å². The maximum absolute atomic E-state index is 11.0. The van der Waals surface area contributed by atoms with Crippen LogP contribution in [0, 0.1) is 0 Å². The Kier molecular flexibility index (Phi) is 54.8. The minimum absolute atomic E-state index is 0. The number of allylic oxidation sites excluding steroid dienone is 10. The summed E-state index contributed by atoms with van der Waals surface area (Å²) < 4.78 is 0. The van der Waals surface area contributed by atoms with E-state index in [-0.39, 0.29) is 69.8 Å². The zero-order valence-corrected chi connectivity index (χ0v) is 42.7. The quantitative estimate of drug-likeness (QED) is 0.00680. The van der Waals surface area contributed by atoms with Gasteiger partial charge in [0.2, 0.25) is 17.6 Å². The van der Waals surface area contributed by atoms with E-state index in [1.54, 1.807) is 0 Å². The molecule has 14 nitrogen and oxygen atoms in total. The molecule has 0 aliphatic rings. The Morgan fingerprint density at radius 1 is 0.623 bits per heavy atom. The molecule has 0 bridgehead atoms. The first kappa shape index (κ1) is 69.7. The smallest absolute Gasteiger partial charge is 0.870 e. The van der Waals surface area contributed by atoms with Crippen LogP contribution in [0.2, 0.25) is 0 Å². The summed E-state index contributed by atoms with van der Waals surface area (Å²) in [4.78, 5) is 71.6. The van der Waals surface area contributed by atoms with Crippen LogP contribution in [0.4, 0.5) is 0 Å². The van der Waals surface area contributed by atoms with E-state index in [0.717, 1.165) is 63.4 Å². The molecule has 0 unspecified atom stereocenters. The molecule has 0 heterocycles. The van der Waals surface area contributed by atoms with Crippen molar-refractivity contribution in [1.29, 1.82) is 0 Å². The number of hydrogen-bond acceptors (Lipinski definition) is 13. The molecule has 0 aromatic heterocycles. The van der Waals surface area contributed by atoms with Gasteiger partial charge in [0.1, 0.15) is 0 Å². The molecule has 0 aromatic rings. The Morgan fingerprint density at radius 2 is 0.984 bits per heavy atom. The van der Waals surface area contributed by atoms with Crippen LogP contribution in [0.3, 0.4) is 0 Å². The molecule has 0 fully saturated rings. The van der Waals surface area contributed by atoms with Crippen LogP contribution < -0.4 is 46.3 Å². The number of Topliss-reactive ketones (excluding diaryl/α,β-unsaturated/α-hetero) is 2. The van der Waals surface area contributed by atoms with Crippen molar-refractivity contribution in [3.8, 4) is 0 Å². The van der Waals surface area contributed by atoms with Crippen molar-refractivity contribution in [1.82, 2.24) is 10.9 Å². The summed E-state index contributed by atoms with van der Waals surface area (Å²) in [6.45, 7) is 19.6. The monoisotopic (exact) mass is 921 g/mol. The maximum Gasteiger partial charge on any atom is 1.00 e. The number of hydrazone groups is 1. The molecule has 0 aliphatic heterocycles. The third-order valence-corrected chi connectivity index (χ3v) is 9.15. The van der Waals surface area contributed by atoms with Crippen molar-refractivity contribution in [3.05, 3.63) is 69.9 Å². The molecule has 0 saturated heterocycles. The average molecular weight is 922 g/mol. The molecule has 2 amide bonds. The molecule has 0 saturated carbocycles. The van der Waals surface area contributed by atoms with Crippen molar-refractivity contribution in [2.75, 3.05) is 28.8 Å². The van der Waals surface area contributed by atoms with Crippen LogP contribution >= 0.6 is 36.2 Å². The third kappa shape index (κ3) is 59.1. The number of nitrogens with one attached hydrogen (secondary N) is 2. The minimum Gasteiger partial charge on any atom is -0.870 e. The molecule has 0 aliphatic carbocycles. The van der Waals surface area contributed by atoms with E-state index >= 15 is 0 Å². The van der Waals surface area contributed by atoms with Crippen LogP contribution in [0.15, 0.2) is 75.0 Å². The van der Waals surface area contributed by atoms with E-state index in [0.29, 0.717) is 5.75 Å². The van der Waals surface area contributed by atoms with Gasteiger partial charge in [0, 0.05) is 42.6 Å². The predicted octanol–water partition coefficient (Wildman–Crippen LogP) is 4.93. The van der Waals surface area contributed by atoms with Gasteiger partial charge in [-0.1, -0.05) is 69.9 Å². The fourth-order valence-corrected chi connectivity index (χ4v) is 5.56. The van der Waals surface area contributed by atoms with E-state index in [1.165, 1.54) is 70.8 Å². The molecule has 0 aromatic carbocycles. The van der Waals surface area contributed by atoms with Gasteiger partial charge >= 0.3 is 41.5 Å². The SMILES string of the molecule is CC(=O)N/N=C(/CSC/C=C(\C)CC/C=C(\C)CCC=C(C)C)C(=O)O.CC(=O)NN.CC(C)=CCC/C(C)=C/CC/C(C)=C/CSCC(=O)C(=O)O.O=[C-]C(=O)CS.[Na+].[OH-]. The molecule has 0 spiro atoms. The molecule has 0 radical (unpaired) electrons. The summed E-state index contributed by atoms with van der Waals surface area (Å²) >= 11 is 6.29. The molecular formula is C43H70N4NaO10S3-. The number of rotatable bonds is 25. The van der Waals surface area contributed by atoms with E-state index in [4.69, 9.17) is 10.2 Å². The van der Waals surface area contributed by atoms with Gasteiger partial charge in [0.25, 0.3) is 0 Å². The fourth-order valence-electron chi connectivity index (χ4n) is 3.77. The number of amides is 2. The van der Waals surface area contributed by atoms with Gasteiger partial charge in [-0.05, 0) is 107 Å². The number of ketones is 2. The number of nitrogens with two attached hydrogens (primary N) is 1. The molecule has 61 heavy (non-hydrogen) atoms. The van der Waals surface area contributed by atoms with Gasteiger partial charge in [-0.2, -0.15) is 35.8 Å². The summed E-state index contributed by atoms with van der Waals surface area (Å²) in [5, 5.41) is 21.1. The summed E-state index contributed by atoms with van der Waals surface area (Å²) in [5.74, 6) is 1.86. The van der Waals surface area contributed by atoms with Crippen LogP contribution in [0.1, 0.15) is 121 Å². The molecule has 342 valence electrons. The molecule has 18 heteroatoms. The van der Waals surface area contributed by atoms with E-state index in [1.807, 2.05) is 5.43 Å². The Balaban J connectivity index is -0.000000195. The van der Waals surface area contributed by atoms with Gasteiger partial charge in [-0.3, -0.25) is 19.8 Å². The van der Waals surface area contributed by atoms with Crippen molar-refractivity contribution >= 4 is 83.5 Å². The number of carboxylic acid groups (broad SMARTS) is 2. The number of hydrogen-bond donors (Lipinski definition) is 6. The number of nitrogens with zero attached hydrogens (tertiary/aromatic N) is 1. The van der Waals surface area contributed by atoms with E-state index < -0.39 is 23.5 Å². The zero-order chi connectivity index (χ0) is 46.2. The van der Waals surface area contributed by atoms with Gasteiger partial charge in [-0.25, -0.2) is 20.9 Å². The Morgan fingerprint density at radius 3 is 1.26 bits per heavy atom. The second kappa shape index (κ2) is 48.0. The Bertz CT molecular complexity index is 1530. The largest absolute Gasteiger partial charge is 1.00 e. The number of carbonyl (C=O) groups is 6. The summed E-state index contributed by atoms with van der Waals surface area (Å²) in [5.41, 5.74) is 12.2. The maximum atomic E-state index is 11.0. The van der Waals surface area contributed by atoms with Gasteiger partial charge in [-0.15, -0.1) is 11.8 Å². The molecule has 7 N–H and O–H groups in total. The van der Waals surface area contributed by atoms with Gasteiger partial charge in [0.15, 0.2) is 5.71 Å². The summed E-state index contributed by atoms with van der Waals surface area (Å²) in [7, 11) is 0. The molecule has 0 atom stereocenters. The van der Waals surface area contributed by atoms with Gasteiger partial charge in [0.05, 0.1) is 5.75 Å². The first-order valence-corrected chi connectivity index (χ1v) is 21.9. The predicted molar refractivity (Wildman–Crippen MR) is 251 cm³/mol. The van der Waals surface area contributed by atoms with Crippen LogP contribution in [0.5, 0.6) is 0 Å². The molecule has 0 rings (SSSR count). The minimum atomic E-state index is -1.35. The first-order valence-electron chi connectivity index (χ1n) is 19.0. The van der Waals surface area contributed by atoms with Crippen LogP contribution in [0.25, 0.3) is 0 Å². The Hall–Kier alpha value is -3.03. The normalized spacial score (nSPS) is 11.1. The summed E-state index contributed by atoms with van der Waals surface area (Å²) in [6, 6.07) is 0. The second-order valence-electron chi connectivity index (χ2n) is 13.6. The van der Waals surface area contributed by atoms with Gasteiger partial charge < -0.3 is 25.3 Å². The fraction of sp³-hybridized carbons (Fsp3) is 0.535. The number of carboxylic acids is 2. The number of hydrazine groups is 1. The zero-order valence-electron chi connectivity index (χ0n) is 38.1. The summed E-state index contributed by atoms with van der Waals surface area (Å²) in [6.07, 6.45) is 22.9. The van der Waals surface area contributed by atoms with E-state index in [9.17, 15) is 33.6 Å². The van der Waals surface area contributed by atoms with E-state index in [2.05, 4.69) is 121 Å².